The van der Waals surface area contributed by atoms with Crippen molar-refractivity contribution in [2.24, 2.45) is 0 Å². The minimum atomic E-state index is -5.08. The largest absolute Gasteiger partial charge is 0.493 e. The molecule has 0 heterocycles. The third-order valence-electron chi connectivity index (χ3n) is 4.34. The SMILES string of the molecule is CCCCOc1cc(/C=C(\C)C(=O)O)ccc1-c1cccc(CNC)c1.O=C(O)C(F)(F)F. The van der Waals surface area contributed by atoms with Crippen molar-refractivity contribution in [3.8, 4) is 16.9 Å². The number of ether oxygens (including phenoxy) is 1. The zero-order valence-corrected chi connectivity index (χ0v) is 18.7. The first-order valence-corrected chi connectivity index (χ1v) is 10.2. The van der Waals surface area contributed by atoms with Gasteiger partial charge in [-0.05, 0) is 55.3 Å². The molecule has 0 atom stereocenters. The van der Waals surface area contributed by atoms with Gasteiger partial charge in [-0.15, -0.1) is 0 Å². The van der Waals surface area contributed by atoms with Gasteiger partial charge < -0.3 is 20.3 Å². The molecular formula is C24H28F3NO5. The van der Waals surface area contributed by atoms with Crippen molar-refractivity contribution < 1.29 is 37.7 Å². The Labute approximate surface area is 190 Å². The Morgan fingerprint density at radius 2 is 1.79 bits per heavy atom. The molecule has 180 valence electrons. The topological polar surface area (TPSA) is 95.9 Å². The van der Waals surface area contributed by atoms with Crippen LogP contribution in [0.1, 0.15) is 37.8 Å². The lowest BCUT2D eigenvalue weighted by Gasteiger charge is -2.14. The Morgan fingerprint density at radius 3 is 2.33 bits per heavy atom. The number of aliphatic carboxylic acids is 2. The normalized spacial score (nSPS) is 11.4. The standard InChI is InChI=1S/C22H27NO3.C2HF3O2/c1-4-5-11-26-21-14-17(12-16(2)22(24)25)9-10-20(21)19-8-6-7-18(13-19)15-23-3;3-2(4,5)1(6)7/h6-10,12-14,23H,4-5,11,15H2,1-3H3,(H,24,25);(H,6,7)/b16-12+;. The van der Waals surface area contributed by atoms with Gasteiger partial charge in [-0.25, -0.2) is 9.59 Å². The molecule has 6 nitrogen and oxygen atoms in total. The van der Waals surface area contributed by atoms with Crippen molar-refractivity contribution in [2.75, 3.05) is 13.7 Å². The highest BCUT2D eigenvalue weighted by Gasteiger charge is 2.38. The number of hydrogen-bond donors (Lipinski definition) is 3. The second kappa shape index (κ2) is 13.3. The molecule has 2 aromatic rings. The van der Waals surface area contributed by atoms with Crippen molar-refractivity contribution in [2.45, 2.75) is 39.4 Å². The highest BCUT2D eigenvalue weighted by molar-refractivity contribution is 5.91. The van der Waals surface area contributed by atoms with Gasteiger partial charge in [-0.1, -0.05) is 43.7 Å². The first-order chi connectivity index (χ1) is 15.5. The van der Waals surface area contributed by atoms with Crippen molar-refractivity contribution in [3.05, 3.63) is 59.2 Å². The van der Waals surface area contributed by atoms with Crippen LogP contribution < -0.4 is 10.1 Å². The molecule has 0 amide bonds. The Hall–Kier alpha value is -3.33. The van der Waals surface area contributed by atoms with E-state index in [0.717, 1.165) is 41.8 Å². The summed E-state index contributed by atoms with van der Waals surface area (Å²) >= 11 is 0. The van der Waals surface area contributed by atoms with E-state index >= 15 is 0 Å². The van der Waals surface area contributed by atoms with Crippen LogP contribution in [0.2, 0.25) is 0 Å². The Kier molecular flexibility index (Phi) is 11.1. The number of alkyl halides is 3. The van der Waals surface area contributed by atoms with Crippen LogP contribution in [0.5, 0.6) is 5.75 Å². The van der Waals surface area contributed by atoms with Crippen LogP contribution in [-0.4, -0.2) is 42.0 Å². The lowest BCUT2D eigenvalue weighted by atomic mass is 9.99. The molecule has 0 spiro atoms. The first-order valence-electron chi connectivity index (χ1n) is 10.2. The van der Waals surface area contributed by atoms with Gasteiger partial charge in [0.05, 0.1) is 6.61 Å². The summed E-state index contributed by atoms with van der Waals surface area (Å²) in [6.07, 6.45) is -1.38. The summed E-state index contributed by atoms with van der Waals surface area (Å²) in [7, 11) is 1.93. The van der Waals surface area contributed by atoms with E-state index in [4.69, 9.17) is 19.7 Å². The monoisotopic (exact) mass is 467 g/mol. The summed E-state index contributed by atoms with van der Waals surface area (Å²) in [5.74, 6) is -2.89. The predicted molar refractivity (Wildman–Crippen MR) is 120 cm³/mol. The summed E-state index contributed by atoms with van der Waals surface area (Å²) in [5, 5.41) is 19.4. The van der Waals surface area contributed by atoms with Gasteiger partial charge >= 0.3 is 18.1 Å². The number of halogens is 3. The highest BCUT2D eigenvalue weighted by atomic mass is 19.4. The molecule has 33 heavy (non-hydrogen) atoms. The number of nitrogens with one attached hydrogen (secondary N) is 1. The quantitative estimate of drug-likeness (QED) is 0.339. The van der Waals surface area contributed by atoms with Gasteiger partial charge in [-0.2, -0.15) is 13.2 Å². The highest BCUT2D eigenvalue weighted by Crippen LogP contribution is 2.32. The fourth-order valence-corrected chi connectivity index (χ4v) is 2.68. The van der Waals surface area contributed by atoms with E-state index in [1.807, 2.05) is 31.3 Å². The summed E-state index contributed by atoms with van der Waals surface area (Å²) in [5.41, 5.74) is 4.44. The smallest absolute Gasteiger partial charge is 0.490 e. The number of carbonyl (C=O) groups is 2. The van der Waals surface area contributed by atoms with Gasteiger partial charge in [0.15, 0.2) is 0 Å². The van der Waals surface area contributed by atoms with Crippen LogP contribution in [-0.2, 0) is 16.1 Å². The fourth-order valence-electron chi connectivity index (χ4n) is 2.68. The molecule has 0 radical (unpaired) electrons. The van der Waals surface area contributed by atoms with Crippen LogP contribution in [0.4, 0.5) is 13.2 Å². The Bertz CT molecular complexity index is 971. The number of unbranched alkanes of at least 4 members (excludes halogenated alkanes) is 1. The van der Waals surface area contributed by atoms with Crippen molar-refractivity contribution in [1.29, 1.82) is 0 Å². The molecule has 3 N–H and O–H groups in total. The fraction of sp³-hybridized carbons (Fsp3) is 0.333. The van der Waals surface area contributed by atoms with Crippen LogP contribution >= 0.6 is 0 Å². The third kappa shape index (κ3) is 9.78. The van der Waals surface area contributed by atoms with E-state index < -0.39 is 18.1 Å². The molecular weight excluding hydrogens is 439 g/mol. The van der Waals surface area contributed by atoms with Crippen molar-refractivity contribution >= 4 is 18.0 Å². The lowest BCUT2D eigenvalue weighted by molar-refractivity contribution is -0.192. The number of benzene rings is 2. The van der Waals surface area contributed by atoms with Gasteiger partial charge in [0.1, 0.15) is 5.75 Å². The third-order valence-corrected chi connectivity index (χ3v) is 4.34. The van der Waals surface area contributed by atoms with Crippen molar-refractivity contribution in [3.63, 3.8) is 0 Å². The minimum Gasteiger partial charge on any atom is -0.493 e. The number of rotatable bonds is 9. The minimum absolute atomic E-state index is 0.299. The summed E-state index contributed by atoms with van der Waals surface area (Å²) in [6, 6.07) is 14.2. The van der Waals surface area contributed by atoms with E-state index in [2.05, 4.69) is 30.4 Å². The second-order valence-corrected chi connectivity index (χ2v) is 7.12. The van der Waals surface area contributed by atoms with Gasteiger partial charge in [0, 0.05) is 17.7 Å². The average Bonchev–Trinajstić information content (AvgIpc) is 2.74. The van der Waals surface area contributed by atoms with E-state index in [9.17, 15) is 18.0 Å². The van der Waals surface area contributed by atoms with Crippen LogP contribution in [0, 0.1) is 0 Å². The number of hydrogen-bond acceptors (Lipinski definition) is 4. The van der Waals surface area contributed by atoms with Gasteiger partial charge in [-0.3, -0.25) is 0 Å². The van der Waals surface area contributed by atoms with E-state index in [1.165, 1.54) is 5.56 Å². The average molecular weight is 467 g/mol. The molecule has 0 fully saturated rings. The summed E-state index contributed by atoms with van der Waals surface area (Å²) in [6.45, 7) is 5.17. The van der Waals surface area contributed by atoms with E-state index in [-0.39, 0.29) is 0 Å². The molecule has 0 bridgehead atoms. The number of carboxylic acids is 2. The maximum atomic E-state index is 11.1. The molecule has 0 aliphatic rings. The van der Waals surface area contributed by atoms with E-state index in [0.29, 0.717) is 12.2 Å². The summed E-state index contributed by atoms with van der Waals surface area (Å²) in [4.78, 5) is 20.0. The van der Waals surface area contributed by atoms with Gasteiger partial charge in [0.2, 0.25) is 0 Å². The zero-order chi connectivity index (χ0) is 25.0. The molecule has 0 saturated carbocycles. The molecule has 0 saturated heterocycles. The molecule has 0 aromatic heterocycles. The maximum Gasteiger partial charge on any atom is 0.490 e. The van der Waals surface area contributed by atoms with Crippen LogP contribution in [0.3, 0.4) is 0 Å². The zero-order valence-electron chi connectivity index (χ0n) is 18.7. The van der Waals surface area contributed by atoms with Crippen molar-refractivity contribution in [1.82, 2.24) is 5.32 Å². The Balaban J connectivity index is 0.000000675. The molecule has 0 aliphatic heterocycles. The van der Waals surface area contributed by atoms with Gasteiger partial charge in [0.25, 0.3) is 0 Å². The molecule has 9 heteroatoms. The molecule has 0 unspecified atom stereocenters. The summed E-state index contributed by atoms with van der Waals surface area (Å²) < 4.78 is 37.8. The lowest BCUT2D eigenvalue weighted by Crippen LogP contribution is -2.21. The van der Waals surface area contributed by atoms with E-state index in [1.54, 1.807) is 13.0 Å². The maximum absolute atomic E-state index is 11.1. The van der Waals surface area contributed by atoms with Crippen LogP contribution in [0.15, 0.2) is 48.0 Å². The second-order valence-electron chi connectivity index (χ2n) is 7.12. The molecule has 2 rings (SSSR count). The first kappa shape index (κ1) is 27.7. The molecule has 0 aliphatic carbocycles. The molecule has 2 aromatic carbocycles. The predicted octanol–water partition coefficient (Wildman–Crippen LogP) is 5.37. The van der Waals surface area contributed by atoms with Crippen LogP contribution in [0.25, 0.3) is 17.2 Å². The number of carboxylic acid groups (broad SMARTS) is 2. The Morgan fingerprint density at radius 1 is 1.12 bits per heavy atom.